The zero-order valence-corrected chi connectivity index (χ0v) is 9.32. The third-order valence-corrected chi connectivity index (χ3v) is 2.98. The average Bonchev–Trinajstić information content (AvgIpc) is 2.28. The molecule has 4 heteroatoms. The topological polar surface area (TPSA) is 63.1 Å². The lowest BCUT2D eigenvalue weighted by Crippen LogP contribution is -2.24. The minimum atomic E-state index is -1.01. The first-order valence-electron chi connectivity index (χ1n) is 5.10. The van der Waals surface area contributed by atoms with Gasteiger partial charge >= 0.3 is 5.97 Å². The molecule has 1 rings (SSSR count). The molecule has 4 nitrogen and oxygen atoms in total. The smallest absolute Gasteiger partial charge is 0.354 e. The molecule has 1 aromatic heterocycles. The van der Waals surface area contributed by atoms with Crippen LogP contribution in [-0.2, 0) is 5.41 Å². The summed E-state index contributed by atoms with van der Waals surface area (Å²) in [6, 6.07) is 1.41. The maximum absolute atomic E-state index is 10.8. The molecule has 0 radical (unpaired) electrons. The number of nitrogens with zero attached hydrogens (tertiary/aromatic N) is 2. The fourth-order valence-electron chi connectivity index (χ4n) is 1.33. The van der Waals surface area contributed by atoms with Gasteiger partial charge in [0.15, 0.2) is 5.69 Å². The Morgan fingerprint density at radius 3 is 2.53 bits per heavy atom. The summed E-state index contributed by atoms with van der Waals surface area (Å²) in [5, 5.41) is 8.83. The van der Waals surface area contributed by atoms with Crippen LogP contribution in [0, 0.1) is 0 Å². The number of carbonyl (C=O) groups is 1. The van der Waals surface area contributed by atoms with Crippen LogP contribution >= 0.6 is 0 Å². The highest BCUT2D eigenvalue weighted by atomic mass is 16.4. The van der Waals surface area contributed by atoms with E-state index in [1.54, 1.807) is 0 Å². The van der Waals surface area contributed by atoms with Crippen LogP contribution in [0.1, 0.15) is 49.9 Å². The molecule has 0 aliphatic carbocycles. The van der Waals surface area contributed by atoms with Gasteiger partial charge in [-0.15, -0.1) is 0 Å². The van der Waals surface area contributed by atoms with Gasteiger partial charge in [0.2, 0.25) is 0 Å². The summed E-state index contributed by atoms with van der Waals surface area (Å²) in [6.45, 7) is 6.16. The van der Waals surface area contributed by atoms with E-state index in [4.69, 9.17) is 5.11 Å². The number of aromatic carboxylic acids is 1. The van der Waals surface area contributed by atoms with Crippen LogP contribution in [0.2, 0.25) is 0 Å². The molecule has 0 bridgehead atoms. The van der Waals surface area contributed by atoms with E-state index < -0.39 is 5.97 Å². The fourth-order valence-corrected chi connectivity index (χ4v) is 1.33. The minimum absolute atomic E-state index is 0.0631. The number of hydrogen-bond acceptors (Lipinski definition) is 3. The monoisotopic (exact) mass is 208 g/mol. The van der Waals surface area contributed by atoms with Crippen LogP contribution in [0.15, 0.2) is 12.3 Å². The third-order valence-electron chi connectivity index (χ3n) is 2.98. The number of aromatic nitrogens is 2. The van der Waals surface area contributed by atoms with Crippen molar-refractivity contribution in [2.75, 3.05) is 0 Å². The summed E-state index contributed by atoms with van der Waals surface area (Å²) in [6.07, 6.45) is 3.30. The molecule has 0 saturated heterocycles. The Bertz CT molecular complexity index is 359. The van der Waals surface area contributed by atoms with Gasteiger partial charge in [0.05, 0.1) is 0 Å². The summed E-state index contributed by atoms with van der Waals surface area (Å²) in [4.78, 5) is 19.0. The molecule has 1 aromatic rings. The van der Waals surface area contributed by atoms with Crippen molar-refractivity contribution in [3.63, 3.8) is 0 Å². The van der Waals surface area contributed by atoms with Crippen molar-refractivity contribution in [2.45, 2.75) is 39.0 Å². The quantitative estimate of drug-likeness (QED) is 0.824. The molecule has 0 saturated carbocycles. The van der Waals surface area contributed by atoms with Crippen LogP contribution in [0.3, 0.4) is 0 Å². The number of carboxylic acid groups (broad SMARTS) is 1. The van der Waals surface area contributed by atoms with Gasteiger partial charge in [0.1, 0.15) is 5.82 Å². The molecule has 0 aromatic carbocycles. The molecule has 0 fully saturated rings. The van der Waals surface area contributed by atoms with Crippen LogP contribution in [0.4, 0.5) is 0 Å². The first kappa shape index (κ1) is 11.6. The number of carboxylic acids is 1. The summed E-state index contributed by atoms with van der Waals surface area (Å²) >= 11 is 0. The summed E-state index contributed by atoms with van der Waals surface area (Å²) in [7, 11) is 0. The SMILES string of the molecule is CCC(C)(CC)c1nccc(C(=O)O)n1. The van der Waals surface area contributed by atoms with E-state index in [9.17, 15) is 4.79 Å². The second kappa shape index (κ2) is 4.38. The van der Waals surface area contributed by atoms with Gasteiger partial charge < -0.3 is 5.11 Å². The van der Waals surface area contributed by atoms with Crippen molar-refractivity contribution in [1.82, 2.24) is 9.97 Å². The molecular formula is C11H16N2O2. The van der Waals surface area contributed by atoms with E-state index in [1.807, 2.05) is 6.92 Å². The average molecular weight is 208 g/mol. The van der Waals surface area contributed by atoms with Crippen molar-refractivity contribution >= 4 is 5.97 Å². The van der Waals surface area contributed by atoms with Crippen molar-refractivity contribution in [3.05, 3.63) is 23.8 Å². The minimum Gasteiger partial charge on any atom is -0.477 e. The standard InChI is InChI=1S/C11H16N2O2/c1-4-11(3,5-2)10-12-7-6-8(13-10)9(14)15/h6-7H,4-5H2,1-3H3,(H,14,15). The predicted molar refractivity (Wildman–Crippen MR) is 56.9 cm³/mol. The van der Waals surface area contributed by atoms with E-state index >= 15 is 0 Å². The van der Waals surface area contributed by atoms with Crippen molar-refractivity contribution in [1.29, 1.82) is 0 Å². The van der Waals surface area contributed by atoms with E-state index in [2.05, 4.69) is 23.8 Å². The first-order valence-corrected chi connectivity index (χ1v) is 5.10. The summed E-state index contributed by atoms with van der Waals surface area (Å²) in [5.41, 5.74) is -0.0704. The van der Waals surface area contributed by atoms with Crippen LogP contribution in [0.25, 0.3) is 0 Å². The zero-order valence-electron chi connectivity index (χ0n) is 9.32. The van der Waals surface area contributed by atoms with Gasteiger partial charge in [0, 0.05) is 11.6 Å². The molecule has 0 spiro atoms. The van der Waals surface area contributed by atoms with Crippen LogP contribution in [-0.4, -0.2) is 21.0 Å². The van der Waals surface area contributed by atoms with E-state index in [0.29, 0.717) is 5.82 Å². The highest BCUT2D eigenvalue weighted by Gasteiger charge is 2.26. The van der Waals surface area contributed by atoms with E-state index in [1.165, 1.54) is 12.3 Å². The second-order valence-electron chi connectivity index (χ2n) is 3.84. The number of hydrogen-bond donors (Lipinski definition) is 1. The maximum atomic E-state index is 10.8. The molecule has 1 heterocycles. The van der Waals surface area contributed by atoms with E-state index in [0.717, 1.165) is 12.8 Å². The second-order valence-corrected chi connectivity index (χ2v) is 3.84. The molecule has 0 unspecified atom stereocenters. The van der Waals surface area contributed by atoms with Gasteiger partial charge in [-0.2, -0.15) is 0 Å². The molecule has 0 aliphatic heterocycles. The van der Waals surface area contributed by atoms with Gasteiger partial charge in [0.25, 0.3) is 0 Å². The van der Waals surface area contributed by atoms with Crippen LogP contribution in [0.5, 0.6) is 0 Å². The summed E-state index contributed by atoms with van der Waals surface area (Å²) < 4.78 is 0. The Labute approximate surface area is 89.4 Å². The Morgan fingerprint density at radius 2 is 2.07 bits per heavy atom. The molecule has 1 N–H and O–H groups in total. The molecule has 0 amide bonds. The number of rotatable bonds is 4. The molecule has 15 heavy (non-hydrogen) atoms. The highest BCUT2D eigenvalue weighted by molar-refractivity contribution is 5.85. The van der Waals surface area contributed by atoms with Gasteiger partial charge in [-0.05, 0) is 18.9 Å². The highest BCUT2D eigenvalue weighted by Crippen LogP contribution is 2.27. The molecule has 0 aliphatic rings. The first-order chi connectivity index (χ1) is 7.03. The fraction of sp³-hybridized carbons (Fsp3) is 0.545. The Hall–Kier alpha value is -1.45. The third kappa shape index (κ3) is 2.32. The molecule has 82 valence electrons. The lowest BCUT2D eigenvalue weighted by Gasteiger charge is -2.24. The summed E-state index contributed by atoms with van der Waals surface area (Å²) in [5.74, 6) is -0.388. The van der Waals surface area contributed by atoms with Crippen LogP contribution < -0.4 is 0 Å². The maximum Gasteiger partial charge on any atom is 0.354 e. The Kier molecular flexibility index (Phi) is 3.39. The lowest BCUT2D eigenvalue weighted by molar-refractivity contribution is 0.0689. The van der Waals surface area contributed by atoms with Gasteiger partial charge in [-0.3, -0.25) is 0 Å². The largest absolute Gasteiger partial charge is 0.477 e. The lowest BCUT2D eigenvalue weighted by atomic mass is 9.84. The normalized spacial score (nSPS) is 11.4. The van der Waals surface area contributed by atoms with Crippen molar-refractivity contribution < 1.29 is 9.90 Å². The van der Waals surface area contributed by atoms with Crippen molar-refractivity contribution in [2.24, 2.45) is 0 Å². The van der Waals surface area contributed by atoms with E-state index in [-0.39, 0.29) is 11.1 Å². The molecular weight excluding hydrogens is 192 g/mol. The predicted octanol–water partition coefficient (Wildman–Crippen LogP) is 2.25. The molecule has 0 atom stereocenters. The Balaban J connectivity index is 3.14. The van der Waals surface area contributed by atoms with Gasteiger partial charge in [-0.25, -0.2) is 14.8 Å². The Morgan fingerprint density at radius 1 is 1.47 bits per heavy atom. The zero-order chi connectivity index (χ0) is 11.5. The van der Waals surface area contributed by atoms with Crippen molar-refractivity contribution in [3.8, 4) is 0 Å². The van der Waals surface area contributed by atoms with Gasteiger partial charge in [-0.1, -0.05) is 20.8 Å².